The minimum Gasteiger partial charge on any atom is -0.394 e. The van der Waals surface area contributed by atoms with Gasteiger partial charge in [-0.3, -0.25) is 4.79 Å². The molecule has 1 heterocycles. The van der Waals surface area contributed by atoms with Gasteiger partial charge in [-0.05, 0) is 50.8 Å². The molecule has 4 heteroatoms. The predicted octanol–water partition coefficient (Wildman–Crippen LogP) is 2.75. The average Bonchev–Trinajstić information content (AvgIpc) is 2.69. The number of carbonyl (C=O) groups is 1. The maximum Gasteiger partial charge on any atom is 0.223 e. The lowest BCUT2D eigenvalue weighted by Crippen LogP contribution is -2.48. The first-order valence-corrected chi connectivity index (χ1v) is 9.95. The van der Waals surface area contributed by atoms with E-state index < -0.39 is 0 Å². The van der Waals surface area contributed by atoms with Gasteiger partial charge in [-0.15, -0.1) is 0 Å². The van der Waals surface area contributed by atoms with Crippen LogP contribution in [0.4, 0.5) is 0 Å². The van der Waals surface area contributed by atoms with Crippen molar-refractivity contribution in [2.75, 3.05) is 19.7 Å². The first kappa shape index (κ1) is 18.4. The molecule has 2 fully saturated rings. The van der Waals surface area contributed by atoms with E-state index in [0.717, 1.165) is 37.5 Å². The number of benzene rings is 1. The van der Waals surface area contributed by atoms with Gasteiger partial charge in [0.1, 0.15) is 0 Å². The van der Waals surface area contributed by atoms with Crippen LogP contribution >= 0.6 is 0 Å². The number of nitrogens with zero attached hydrogens (tertiary/aromatic N) is 1. The SMILES string of the molecule is O=C(N[C@H](CO)Cc1ccccc1)C1CCN(C2CCCCC2)CC1. The molecule has 1 saturated heterocycles. The Kier molecular flexibility index (Phi) is 6.88. The van der Waals surface area contributed by atoms with E-state index in [-0.39, 0.29) is 24.5 Å². The van der Waals surface area contributed by atoms with Gasteiger partial charge in [0.25, 0.3) is 0 Å². The van der Waals surface area contributed by atoms with Crippen molar-refractivity contribution < 1.29 is 9.90 Å². The van der Waals surface area contributed by atoms with Gasteiger partial charge in [-0.2, -0.15) is 0 Å². The molecule has 2 aliphatic rings. The summed E-state index contributed by atoms with van der Waals surface area (Å²) in [6.07, 6.45) is 9.37. The molecule has 1 aliphatic heterocycles. The van der Waals surface area contributed by atoms with Gasteiger partial charge in [0, 0.05) is 12.0 Å². The van der Waals surface area contributed by atoms with Crippen molar-refractivity contribution in [1.82, 2.24) is 10.2 Å². The Balaban J connectivity index is 1.45. The molecular formula is C21H32N2O2. The number of piperidine rings is 1. The topological polar surface area (TPSA) is 52.6 Å². The minimum absolute atomic E-state index is 0.0123. The lowest BCUT2D eigenvalue weighted by Gasteiger charge is -2.39. The number of hydrogen-bond acceptors (Lipinski definition) is 3. The monoisotopic (exact) mass is 344 g/mol. The van der Waals surface area contributed by atoms with Crippen molar-refractivity contribution in [2.24, 2.45) is 5.92 Å². The van der Waals surface area contributed by atoms with E-state index in [1.807, 2.05) is 30.3 Å². The summed E-state index contributed by atoms with van der Waals surface area (Å²) in [5.41, 5.74) is 1.15. The van der Waals surface area contributed by atoms with Crippen LogP contribution in [0.3, 0.4) is 0 Å². The van der Waals surface area contributed by atoms with Crippen molar-refractivity contribution in [2.45, 2.75) is 63.5 Å². The van der Waals surface area contributed by atoms with Crippen molar-refractivity contribution in [1.29, 1.82) is 0 Å². The second kappa shape index (κ2) is 9.35. The van der Waals surface area contributed by atoms with E-state index in [1.54, 1.807) is 0 Å². The molecule has 1 aliphatic carbocycles. The summed E-state index contributed by atoms with van der Waals surface area (Å²) < 4.78 is 0. The summed E-state index contributed by atoms with van der Waals surface area (Å²) in [6, 6.07) is 10.6. The van der Waals surface area contributed by atoms with E-state index in [2.05, 4.69) is 10.2 Å². The largest absolute Gasteiger partial charge is 0.394 e. The smallest absolute Gasteiger partial charge is 0.223 e. The highest BCUT2D eigenvalue weighted by Crippen LogP contribution is 2.27. The summed E-state index contributed by atoms with van der Waals surface area (Å²) in [6.45, 7) is 2.08. The lowest BCUT2D eigenvalue weighted by atomic mass is 9.89. The van der Waals surface area contributed by atoms with E-state index in [0.29, 0.717) is 6.42 Å². The third kappa shape index (κ3) is 5.29. The van der Waals surface area contributed by atoms with E-state index in [1.165, 1.54) is 32.1 Å². The number of carbonyl (C=O) groups excluding carboxylic acids is 1. The first-order chi connectivity index (χ1) is 12.3. The third-order valence-corrected chi connectivity index (χ3v) is 5.88. The van der Waals surface area contributed by atoms with Crippen molar-refractivity contribution in [3.63, 3.8) is 0 Å². The molecule has 1 aromatic rings. The molecule has 1 amide bonds. The number of amides is 1. The Morgan fingerprint density at radius 2 is 1.76 bits per heavy atom. The van der Waals surface area contributed by atoms with Crippen LogP contribution in [0.15, 0.2) is 30.3 Å². The zero-order chi connectivity index (χ0) is 17.5. The quantitative estimate of drug-likeness (QED) is 0.834. The van der Waals surface area contributed by atoms with Crippen LogP contribution in [0.2, 0.25) is 0 Å². The highest BCUT2D eigenvalue weighted by Gasteiger charge is 2.30. The highest BCUT2D eigenvalue weighted by molar-refractivity contribution is 5.79. The summed E-state index contributed by atoms with van der Waals surface area (Å²) in [4.78, 5) is 15.2. The molecule has 25 heavy (non-hydrogen) atoms. The fraction of sp³-hybridized carbons (Fsp3) is 0.667. The Morgan fingerprint density at radius 1 is 1.08 bits per heavy atom. The van der Waals surface area contributed by atoms with Gasteiger partial charge in [0.15, 0.2) is 0 Å². The lowest BCUT2D eigenvalue weighted by molar-refractivity contribution is -0.127. The van der Waals surface area contributed by atoms with Crippen molar-refractivity contribution >= 4 is 5.91 Å². The molecule has 0 spiro atoms. The van der Waals surface area contributed by atoms with Crippen LogP contribution in [0.25, 0.3) is 0 Å². The third-order valence-electron chi connectivity index (χ3n) is 5.88. The van der Waals surface area contributed by atoms with Crippen LogP contribution in [-0.4, -0.2) is 47.7 Å². The van der Waals surface area contributed by atoms with Crippen LogP contribution in [0, 0.1) is 5.92 Å². The zero-order valence-corrected chi connectivity index (χ0v) is 15.2. The maximum atomic E-state index is 12.6. The molecule has 0 aromatic heterocycles. The molecule has 1 aromatic carbocycles. The average molecular weight is 344 g/mol. The Hall–Kier alpha value is -1.39. The van der Waals surface area contributed by atoms with Crippen molar-refractivity contribution in [3.8, 4) is 0 Å². The van der Waals surface area contributed by atoms with Gasteiger partial charge >= 0.3 is 0 Å². The van der Waals surface area contributed by atoms with Gasteiger partial charge in [-0.1, -0.05) is 49.6 Å². The van der Waals surface area contributed by atoms with E-state index >= 15 is 0 Å². The Labute approximate surface area is 151 Å². The fourth-order valence-electron chi connectivity index (χ4n) is 4.35. The van der Waals surface area contributed by atoms with E-state index in [4.69, 9.17) is 0 Å². The molecule has 3 rings (SSSR count). The molecule has 1 atom stereocenters. The second-order valence-corrected chi connectivity index (χ2v) is 7.68. The van der Waals surface area contributed by atoms with Crippen LogP contribution in [0.1, 0.15) is 50.5 Å². The van der Waals surface area contributed by atoms with E-state index in [9.17, 15) is 9.90 Å². The number of aliphatic hydroxyl groups excluding tert-OH is 1. The Morgan fingerprint density at radius 3 is 2.40 bits per heavy atom. The Bertz CT molecular complexity index is 520. The first-order valence-electron chi connectivity index (χ1n) is 9.95. The number of likely N-dealkylation sites (tertiary alicyclic amines) is 1. The number of rotatable bonds is 6. The number of hydrogen-bond donors (Lipinski definition) is 2. The molecule has 0 unspecified atom stereocenters. The van der Waals surface area contributed by atoms with Crippen molar-refractivity contribution in [3.05, 3.63) is 35.9 Å². The summed E-state index contributed by atoms with van der Waals surface area (Å²) in [7, 11) is 0. The van der Waals surface area contributed by atoms with Crippen LogP contribution in [0.5, 0.6) is 0 Å². The highest BCUT2D eigenvalue weighted by atomic mass is 16.3. The molecule has 0 bridgehead atoms. The molecule has 0 radical (unpaired) electrons. The minimum atomic E-state index is -0.189. The summed E-state index contributed by atoms with van der Waals surface area (Å²) in [5.74, 6) is 0.225. The second-order valence-electron chi connectivity index (χ2n) is 7.68. The molecule has 1 saturated carbocycles. The fourth-order valence-corrected chi connectivity index (χ4v) is 4.35. The standard InChI is InChI=1S/C21H32N2O2/c24-16-19(15-17-7-3-1-4-8-17)22-21(25)18-11-13-23(14-12-18)20-9-5-2-6-10-20/h1,3-4,7-8,18-20,24H,2,5-6,9-16H2,(H,22,25)/t19-/m0/s1. The molecular weight excluding hydrogens is 312 g/mol. The molecule has 2 N–H and O–H groups in total. The zero-order valence-electron chi connectivity index (χ0n) is 15.2. The van der Waals surface area contributed by atoms with Gasteiger partial charge in [-0.25, -0.2) is 0 Å². The summed E-state index contributed by atoms with van der Waals surface area (Å²) >= 11 is 0. The molecule has 138 valence electrons. The van der Waals surface area contributed by atoms with Gasteiger partial charge < -0.3 is 15.3 Å². The molecule has 4 nitrogen and oxygen atoms in total. The number of nitrogens with one attached hydrogen (secondary N) is 1. The summed E-state index contributed by atoms with van der Waals surface area (Å²) in [5, 5.41) is 12.7. The van der Waals surface area contributed by atoms with Crippen LogP contribution in [-0.2, 0) is 11.2 Å². The number of aliphatic hydroxyl groups is 1. The van der Waals surface area contributed by atoms with Crippen LogP contribution < -0.4 is 5.32 Å². The normalized spacial score (nSPS) is 21.8. The van der Waals surface area contributed by atoms with Gasteiger partial charge in [0.05, 0.1) is 12.6 Å². The predicted molar refractivity (Wildman–Crippen MR) is 100 cm³/mol. The van der Waals surface area contributed by atoms with Gasteiger partial charge in [0.2, 0.25) is 5.91 Å². The maximum absolute atomic E-state index is 12.6.